The van der Waals surface area contributed by atoms with Crippen molar-refractivity contribution >= 4 is 5.78 Å². The minimum atomic E-state index is -0.642. The largest absolute Gasteiger partial charge is 0.506 e. The van der Waals surface area contributed by atoms with E-state index in [9.17, 15) is 19.8 Å². The Labute approximate surface area is 175 Å². The fourth-order valence-corrected chi connectivity index (χ4v) is 5.12. The summed E-state index contributed by atoms with van der Waals surface area (Å²) in [4.78, 5) is 26.2. The molecule has 0 saturated heterocycles. The van der Waals surface area contributed by atoms with Crippen LogP contribution in [0.3, 0.4) is 0 Å². The van der Waals surface area contributed by atoms with Crippen LogP contribution in [0.25, 0.3) is 0 Å². The van der Waals surface area contributed by atoms with Gasteiger partial charge in [0.15, 0.2) is 5.78 Å². The van der Waals surface area contributed by atoms with Crippen molar-refractivity contribution in [3.05, 3.63) is 63.2 Å². The van der Waals surface area contributed by atoms with E-state index in [1.54, 1.807) is 0 Å². The molecule has 1 aromatic carbocycles. The lowest BCUT2D eigenvalue weighted by atomic mass is 9.81. The highest BCUT2D eigenvalue weighted by molar-refractivity contribution is 6.00. The van der Waals surface area contributed by atoms with Crippen LogP contribution in [0.1, 0.15) is 90.4 Å². The SMILES string of the molecule is O=C1CCCCC(C(O)C2CC2)c2oc(=O)c(C(c3ccccc3)C3CC3)c(O)c21. The quantitative estimate of drug-likeness (QED) is 0.761. The van der Waals surface area contributed by atoms with Crippen LogP contribution in [0.4, 0.5) is 0 Å². The highest BCUT2D eigenvalue weighted by Crippen LogP contribution is 2.50. The molecule has 1 aromatic heterocycles. The second kappa shape index (κ2) is 7.69. The monoisotopic (exact) mass is 408 g/mol. The van der Waals surface area contributed by atoms with Crippen LogP contribution in [0.2, 0.25) is 0 Å². The molecule has 0 bridgehead atoms. The molecule has 3 aliphatic rings. The summed E-state index contributed by atoms with van der Waals surface area (Å²) in [5.74, 6) is -0.459. The van der Waals surface area contributed by atoms with Gasteiger partial charge in [-0.2, -0.15) is 0 Å². The van der Waals surface area contributed by atoms with Gasteiger partial charge >= 0.3 is 5.63 Å². The Bertz CT molecular complexity index is 1000. The first-order valence-corrected chi connectivity index (χ1v) is 11.2. The zero-order chi connectivity index (χ0) is 20.8. The number of ketones is 1. The molecule has 2 fully saturated rings. The third-order valence-electron chi connectivity index (χ3n) is 7.03. The highest BCUT2D eigenvalue weighted by atomic mass is 16.4. The van der Waals surface area contributed by atoms with E-state index in [2.05, 4.69) is 0 Å². The molecule has 30 heavy (non-hydrogen) atoms. The van der Waals surface area contributed by atoms with Crippen LogP contribution in [0.5, 0.6) is 5.75 Å². The highest BCUT2D eigenvalue weighted by Gasteiger charge is 2.43. The molecule has 0 aliphatic heterocycles. The van der Waals surface area contributed by atoms with E-state index in [-0.39, 0.29) is 46.2 Å². The van der Waals surface area contributed by atoms with Gasteiger partial charge in [0.25, 0.3) is 0 Å². The van der Waals surface area contributed by atoms with E-state index >= 15 is 0 Å². The molecule has 2 aromatic rings. The number of fused-ring (bicyclic) bond motifs is 1. The summed E-state index contributed by atoms with van der Waals surface area (Å²) < 4.78 is 5.81. The van der Waals surface area contributed by atoms with Gasteiger partial charge in [0.1, 0.15) is 11.5 Å². The number of benzene rings is 1. The second-order valence-corrected chi connectivity index (χ2v) is 9.22. The molecular formula is C25H28O5. The maximum atomic E-state index is 13.2. The van der Waals surface area contributed by atoms with E-state index in [4.69, 9.17) is 4.42 Å². The minimum Gasteiger partial charge on any atom is -0.506 e. The molecule has 5 rings (SSSR count). The van der Waals surface area contributed by atoms with Crippen LogP contribution in [-0.2, 0) is 0 Å². The third kappa shape index (κ3) is 3.49. The predicted molar refractivity (Wildman–Crippen MR) is 112 cm³/mol. The van der Waals surface area contributed by atoms with Crippen LogP contribution in [0, 0.1) is 11.8 Å². The molecular weight excluding hydrogens is 380 g/mol. The summed E-state index contributed by atoms with van der Waals surface area (Å²) in [6, 6.07) is 9.68. The molecule has 2 N–H and O–H groups in total. The van der Waals surface area contributed by atoms with Gasteiger partial charge in [-0.1, -0.05) is 36.8 Å². The number of hydrogen-bond donors (Lipinski definition) is 2. The van der Waals surface area contributed by atoms with E-state index in [1.165, 1.54) is 0 Å². The van der Waals surface area contributed by atoms with Crippen LogP contribution < -0.4 is 5.63 Å². The first-order chi connectivity index (χ1) is 14.6. The number of Topliss-reactive ketones (excluding diaryl/α,β-unsaturated/α-hetero) is 1. The molecule has 2 saturated carbocycles. The van der Waals surface area contributed by atoms with Crippen molar-refractivity contribution in [2.45, 2.75) is 69.3 Å². The van der Waals surface area contributed by atoms with Gasteiger partial charge < -0.3 is 14.6 Å². The number of hydrogen-bond acceptors (Lipinski definition) is 5. The Morgan fingerprint density at radius 1 is 0.933 bits per heavy atom. The maximum Gasteiger partial charge on any atom is 0.343 e. The van der Waals surface area contributed by atoms with Crippen molar-refractivity contribution in [1.29, 1.82) is 0 Å². The molecule has 158 valence electrons. The Kier molecular flexibility index (Phi) is 5.02. The van der Waals surface area contributed by atoms with Crippen LogP contribution >= 0.6 is 0 Å². The normalized spacial score (nSPS) is 23.9. The van der Waals surface area contributed by atoms with Crippen LogP contribution in [0.15, 0.2) is 39.5 Å². The fraction of sp³-hybridized carbons (Fsp3) is 0.520. The van der Waals surface area contributed by atoms with Gasteiger partial charge in [-0.3, -0.25) is 4.79 Å². The number of aromatic hydroxyl groups is 1. The van der Waals surface area contributed by atoms with E-state index in [0.717, 1.165) is 37.7 Å². The second-order valence-electron chi connectivity index (χ2n) is 9.22. The molecule has 1 heterocycles. The van der Waals surface area contributed by atoms with Gasteiger partial charge in [-0.15, -0.1) is 0 Å². The van der Waals surface area contributed by atoms with Gasteiger partial charge in [0.05, 0.1) is 17.2 Å². The Hall–Kier alpha value is -2.40. The molecule has 0 amide bonds. The van der Waals surface area contributed by atoms with Crippen molar-refractivity contribution in [3.63, 3.8) is 0 Å². The Balaban J connectivity index is 1.67. The zero-order valence-corrected chi connectivity index (χ0v) is 17.0. The first kappa shape index (κ1) is 19.6. The van der Waals surface area contributed by atoms with Crippen molar-refractivity contribution in [2.24, 2.45) is 11.8 Å². The molecule has 0 spiro atoms. The van der Waals surface area contributed by atoms with Crippen molar-refractivity contribution in [2.75, 3.05) is 0 Å². The lowest BCUT2D eigenvalue weighted by Crippen LogP contribution is -2.27. The first-order valence-electron chi connectivity index (χ1n) is 11.2. The molecule has 5 heteroatoms. The Morgan fingerprint density at radius 2 is 1.63 bits per heavy atom. The summed E-state index contributed by atoms with van der Waals surface area (Å²) >= 11 is 0. The number of carbonyl (C=O) groups is 1. The topological polar surface area (TPSA) is 87.7 Å². The molecule has 3 unspecified atom stereocenters. The number of carbonyl (C=O) groups excluding carboxylic acids is 1. The standard InChI is InChI=1S/C25H28O5/c26-18-9-5-4-8-17(22(27)16-12-13-16)24-20(18)23(28)21(25(29)30-24)19(15-10-11-15)14-6-2-1-3-7-14/h1-3,6-7,15-17,19,22,27-28H,4-5,8-13H2. The maximum absolute atomic E-state index is 13.2. The van der Waals surface area contributed by atoms with Gasteiger partial charge in [0, 0.05) is 18.3 Å². The van der Waals surface area contributed by atoms with E-state index in [1.807, 2.05) is 30.3 Å². The number of aliphatic hydroxyl groups excluding tert-OH is 1. The average molecular weight is 408 g/mol. The van der Waals surface area contributed by atoms with E-state index < -0.39 is 17.6 Å². The zero-order valence-electron chi connectivity index (χ0n) is 17.0. The fourth-order valence-electron chi connectivity index (χ4n) is 5.12. The van der Waals surface area contributed by atoms with Crippen LogP contribution in [-0.4, -0.2) is 22.1 Å². The van der Waals surface area contributed by atoms with Gasteiger partial charge in [-0.25, -0.2) is 4.79 Å². The molecule has 5 nitrogen and oxygen atoms in total. The number of aliphatic hydroxyl groups is 1. The van der Waals surface area contributed by atoms with E-state index in [0.29, 0.717) is 19.3 Å². The van der Waals surface area contributed by atoms with Crippen molar-refractivity contribution < 1.29 is 19.4 Å². The van der Waals surface area contributed by atoms with Crippen molar-refractivity contribution in [1.82, 2.24) is 0 Å². The average Bonchev–Trinajstić information content (AvgIpc) is 3.62. The number of rotatable bonds is 5. The van der Waals surface area contributed by atoms with Gasteiger partial charge in [0.2, 0.25) is 0 Å². The molecule has 3 aliphatic carbocycles. The summed E-state index contributed by atoms with van der Waals surface area (Å²) in [7, 11) is 0. The molecule has 3 atom stereocenters. The summed E-state index contributed by atoms with van der Waals surface area (Å²) in [5, 5.41) is 22.1. The third-order valence-corrected chi connectivity index (χ3v) is 7.03. The van der Waals surface area contributed by atoms with Crippen molar-refractivity contribution in [3.8, 4) is 5.75 Å². The summed E-state index contributed by atoms with van der Waals surface area (Å²) in [6.07, 6.45) is 5.70. The lowest BCUT2D eigenvalue weighted by molar-refractivity contribution is 0.0902. The minimum absolute atomic E-state index is 0.135. The summed E-state index contributed by atoms with van der Waals surface area (Å²) in [5.41, 5.74) is 0.718. The molecule has 0 radical (unpaired) electrons. The smallest absolute Gasteiger partial charge is 0.343 e. The summed E-state index contributed by atoms with van der Waals surface area (Å²) in [6.45, 7) is 0. The Morgan fingerprint density at radius 3 is 2.30 bits per heavy atom. The van der Waals surface area contributed by atoms with Gasteiger partial charge in [-0.05, 0) is 55.9 Å². The predicted octanol–water partition coefficient (Wildman–Crippen LogP) is 4.50. The lowest BCUT2D eigenvalue weighted by Gasteiger charge is -2.27.